The van der Waals surface area contributed by atoms with Gasteiger partial charge in [-0.05, 0) is 50.2 Å². The molecule has 1 aromatic carbocycles. The van der Waals surface area contributed by atoms with Gasteiger partial charge in [0.15, 0.2) is 0 Å². The first-order valence-electron chi connectivity index (χ1n) is 6.03. The predicted octanol–water partition coefficient (Wildman–Crippen LogP) is 2.71. The summed E-state index contributed by atoms with van der Waals surface area (Å²) in [7, 11) is 0. The summed E-state index contributed by atoms with van der Waals surface area (Å²) in [6.45, 7) is 3.29. The average Bonchev–Trinajstić information content (AvgIpc) is 2.81. The summed E-state index contributed by atoms with van der Waals surface area (Å²) >= 11 is 3.37. The predicted molar refractivity (Wildman–Crippen MR) is 78.6 cm³/mol. The van der Waals surface area contributed by atoms with Crippen LogP contribution in [0.25, 0.3) is 0 Å². The van der Waals surface area contributed by atoms with Gasteiger partial charge in [0, 0.05) is 11.0 Å². The second-order valence-electron chi connectivity index (χ2n) is 4.43. The van der Waals surface area contributed by atoms with Crippen LogP contribution in [-0.4, -0.2) is 42.4 Å². The molecule has 1 fully saturated rings. The van der Waals surface area contributed by atoms with Crippen molar-refractivity contribution in [2.45, 2.75) is 18.9 Å². The third-order valence-electron chi connectivity index (χ3n) is 2.92. The number of nitrogens with zero attached hydrogens (tertiary/aromatic N) is 1. The minimum absolute atomic E-state index is 0. The first kappa shape index (κ1) is 15.8. The third kappa shape index (κ3) is 5.14. The number of likely N-dealkylation sites (tertiary alicyclic amines) is 1. The lowest BCUT2D eigenvalue weighted by atomic mass is 10.3. The summed E-state index contributed by atoms with van der Waals surface area (Å²) in [6, 6.07) is 7.66. The minimum atomic E-state index is -0.406. The lowest BCUT2D eigenvalue weighted by Gasteiger charge is -2.19. The van der Waals surface area contributed by atoms with Crippen molar-refractivity contribution in [3.8, 4) is 5.75 Å². The molecule has 0 radical (unpaired) electrons. The van der Waals surface area contributed by atoms with Gasteiger partial charge in [0.1, 0.15) is 18.5 Å². The van der Waals surface area contributed by atoms with E-state index in [1.54, 1.807) is 0 Å². The van der Waals surface area contributed by atoms with Gasteiger partial charge in [-0.25, -0.2) is 0 Å². The topological polar surface area (TPSA) is 32.7 Å². The Labute approximate surface area is 123 Å². The van der Waals surface area contributed by atoms with Crippen molar-refractivity contribution in [1.82, 2.24) is 4.90 Å². The maximum absolute atomic E-state index is 9.85. The molecule has 1 heterocycles. The number of rotatable bonds is 5. The van der Waals surface area contributed by atoms with Gasteiger partial charge in [-0.15, -0.1) is 12.4 Å². The second-order valence-corrected chi connectivity index (χ2v) is 5.34. The van der Waals surface area contributed by atoms with Crippen molar-refractivity contribution in [1.29, 1.82) is 0 Å². The van der Waals surface area contributed by atoms with E-state index in [2.05, 4.69) is 20.8 Å². The summed E-state index contributed by atoms with van der Waals surface area (Å²) in [4.78, 5) is 2.29. The van der Waals surface area contributed by atoms with Crippen LogP contribution < -0.4 is 4.74 Å². The molecular formula is C13H19BrClNO2. The molecule has 0 aromatic heterocycles. The molecule has 1 aromatic rings. The van der Waals surface area contributed by atoms with Crippen molar-refractivity contribution in [2.75, 3.05) is 26.2 Å². The molecule has 1 saturated heterocycles. The van der Waals surface area contributed by atoms with Gasteiger partial charge in [0.2, 0.25) is 0 Å². The van der Waals surface area contributed by atoms with Gasteiger partial charge in [0.25, 0.3) is 0 Å². The highest BCUT2D eigenvalue weighted by Crippen LogP contribution is 2.16. The molecule has 0 aliphatic carbocycles. The largest absolute Gasteiger partial charge is 0.491 e. The Bertz CT molecular complexity index is 341. The van der Waals surface area contributed by atoms with E-state index >= 15 is 0 Å². The zero-order valence-corrected chi connectivity index (χ0v) is 12.6. The van der Waals surface area contributed by atoms with Gasteiger partial charge in [-0.3, -0.25) is 0 Å². The van der Waals surface area contributed by atoms with Crippen LogP contribution in [0.2, 0.25) is 0 Å². The summed E-state index contributed by atoms with van der Waals surface area (Å²) in [5.41, 5.74) is 0. The molecule has 102 valence electrons. The van der Waals surface area contributed by atoms with Crippen LogP contribution in [0, 0.1) is 0 Å². The Balaban J connectivity index is 0.00000162. The Morgan fingerprint density at radius 3 is 2.44 bits per heavy atom. The Morgan fingerprint density at radius 2 is 1.83 bits per heavy atom. The average molecular weight is 337 g/mol. The number of halogens is 2. The molecule has 0 saturated carbocycles. The van der Waals surface area contributed by atoms with Gasteiger partial charge >= 0.3 is 0 Å². The van der Waals surface area contributed by atoms with E-state index in [0.29, 0.717) is 6.61 Å². The molecule has 0 bridgehead atoms. The van der Waals surface area contributed by atoms with Gasteiger partial charge in [-0.1, -0.05) is 15.9 Å². The Morgan fingerprint density at radius 1 is 1.22 bits per heavy atom. The maximum atomic E-state index is 9.85. The smallest absolute Gasteiger partial charge is 0.119 e. The van der Waals surface area contributed by atoms with Crippen molar-refractivity contribution in [3.05, 3.63) is 28.7 Å². The SMILES string of the molecule is Cl.OC(COc1ccc(Br)cc1)CN1CCCC1. The molecule has 1 aliphatic heterocycles. The fourth-order valence-electron chi connectivity index (χ4n) is 2.04. The number of hydrogen-bond acceptors (Lipinski definition) is 3. The molecule has 1 N–H and O–H groups in total. The Hall–Kier alpha value is -0.290. The summed E-state index contributed by atoms with van der Waals surface area (Å²) in [5, 5.41) is 9.85. The monoisotopic (exact) mass is 335 g/mol. The standard InChI is InChI=1S/C13H18BrNO2.ClH/c14-11-3-5-13(6-4-11)17-10-12(16)9-15-7-1-2-8-15;/h3-6,12,16H,1-2,7-10H2;1H. The number of aliphatic hydroxyl groups is 1. The zero-order chi connectivity index (χ0) is 12.1. The van der Waals surface area contributed by atoms with Crippen LogP contribution in [0.15, 0.2) is 28.7 Å². The number of hydrogen-bond donors (Lipinski definition) is 1. The Kier molecular flexibility index (Phi) is 7.00. The van der Waals surface area contributed by atoms with Crippen LogP contribution in [0.3, 0.4) is 0 Å². The minimum Gasteiger partial charge on any atom is -0.491 e. The highest BCUT2D eigenvalue weighted by atomic mass is 79.9. The normalized spacial score (nSPS) is 17.2. The van der Waals surface area contributed by atoms with Crippen LogP contribution in [0.4, 0.5) is 0 Å². The maximum Gasteiger partial charge on any atom is 0.119 e. The molecule has 18 heavy (non-hydrogen) atoms. The van der Waals surface area contributed by atoms with E-state index in [9.17, 15) is 5.11 Å². The molecule has 1 unspecified atom stereocenters. The molecular weight excluding hydrogens is 318 g/mol. The van der Waals surface area contributed by atoms with E-state index in [1.807, 2.05) is 24.3 Å². The van der Waals surface area contributed by atoms with Crippen LogP contribution >= 0.6 is 28.3 Å². The summed E-state index contributed by atoms with van der Waals surface area (Å²) in [5.74, 6) is 0.800. The van der Waals surface area contributed by atoms with Crippen LogP contribution in [-0.2, 0) is 0 Å². The van der Waals surface area contributed by atoms with Crippen molar-refractivity contribution >= 4 is 28.3 Å². The van der Waals surface area contributed by atoms with E-state index in [4.69, 9.17) is 4.74 Å². The van der Waals surface area contributed by atoms with E-state index in [0.717, 1.165) is 29.9 Å². The molecule has 0 amide bonds. The van der Waals surface area contributed by atoms with Gasteiger partial charge in [-0.2, -0.15) is 0 Å². The van der Waals surface area contributed by atoms with Crippen LogP contribution in [0.5, 0.6) is 5.75 Å². The zero-order valence-electron chi connectivity index (χ0n) is 10.2. The van der Waals surface area contributed by atoms with Gasteiger partial charge < -0.3 is 14.7 Å². The van der Waals surface area contributed by atoms with E-state index in [-0.39, 0.29) is 12.4 Å². The molecule has 1 aliphatic rings. The van der Waals surface area contributed by atoms with E-state index in [1.165, 1.54) is 12.8 Å². The number of ether oxygens (including phenoxy) is 1. The van der Waals surface area contributed by atoms with Crippen LogP contribution in [0.1, 0.15) is 12.8 Å². The lowest BCUT2D eigenvalue weighted by molar-refractivity contribution is 0.0758. The third-order valence-corrected chi connectivity index (χ3v) is 3.45. The molecule has 0 spiro atoms. The summed E-state index contributed by atoms with van der Waals surface area (Å²) < 4.78 is 6.57. The first-order chi connectivity index (χ1) is 8.24. The number of β-amino-alcohol motifs (C(OH)–C–C–N with tert-alkyl or cyclic N) is 1. The molecule has 1 atom stereocenters. The fraction of sp³-hybridized carbons (Fsp3) is 0.538. The van der Waals surface area contributed by atoms with Gasteiger partial charge in [0.05, 0.1) is 0 Å². The van der Waals surface area contributed by atoms with Crippen molar-refractivity contribution in [2.24, 2.45) is 0 Å². The number of aliphatic hydroxyl groups excluding tert-OH is 1. The molecule has 5 heteroatoms. The van der Waals surface area contributed by atoms with Crippen molar-refractivity contribution in [3.63, 3.8) is 0 Å². The molecule has 3 nitrogen and oxygen atoms in total. The highest BCUT2D eigenvalue weighted by molar-refractivity contribution is 9.10. The molecule has 2 rings (SSSR count). The quantitative estimate of drug-likeness (QED) is 0.897. The number of benzene rings is 1. The summed E-state index contributed by atoms with van der Waals surface area (Å²) in [6.07, 6.45) is 2.09. The van der Waals surface area contributed by atoms with E-state index < -0.39 is 6.10 Å². The lowest BCUT2D eigenvalue weighted by Crippen LogP contribution is -2.33. The highest BCUT2D eigenvalue weighted by Gasteiger charge is 2.15. The second kappa shape index (κ2) is 8.00. The fourth-order valence-corrected chi connectivity index (χ4v) is 2.30. The first-order valence-corrected chi connectivity index (χ1v) is 6.82. The van der Waals surface area contributed by atoms with Crippen molar-refractivity contribution < 1.29 is 9.84 Å².